The molecule has 0 aliphatic carbocycles. The van der Waals surface area contributed by atoms with E-state index >= 15 is 0 Å². The molecule has 0 bridgehead atoms. The first kappa shape index (κ1) is 10.8. The summed E-state index contributed by atoms with van der Waals surface area (Å²) in [5.74, 6) is 0.968. The highest BCUT2D eigenvalue weighted by molar-refractivity contribution is 5.83. The van der Waals surface area contributed by atoms with Crippen molar-refractivity contribution in [1.29, 1.82) is 0 Å². The first-order valence-corrected chi connectivity index (χ1v) is 5.94. The van der Waals surface area contributed by atoms with Crippen LogP contribution in [0.15, 0.2) is 42.5 Å². The van der Waals surface area contributed by atoms with E-state index in [1.807, 2.05) is 25.2 Å². The van der Waals surface area contributed by atoms with Gasteiger partial charge in [0.05, 0.1) is 11.0 Å². The van der Waals surface area contributed by atoms with E-state index in [0.717, 1.165) is 28.1 Å². The predicted octanol–water partition coefficient (Wildman–Crippen LogP) is 3.13. The molecule has 0 atom stereocenters. The van der Waals surface area contributed by atoms with Gasteiger partial charge in [-0.2, -0.15) is 0 Å². The molecule has 3 aromatic rings. The average molecular weight is 237 g/mol. The van der Waals surface area contributed by atoms with E-state index in [-0.39, 0.29) is 0 Å². The SMILES string of the molecule is Cc1ccc(-c2nc3ccc(N)cc3n2C)cc1. The van der Waals surface area contributed by atoms with Gasteiger partial charge in [-0.3, -0.25) is 0 Å². The van der Waals surface area contributed by atoms with Crippen LogP contribution in [-0.4, -0.2) is 9.55 Å². The van der Waals surface area contributed by atoms with E-state index in [9.17, 15) is 0 Å². The molecule has 3 rings (SSSR count). The van der Waals surface area contributed by atoms with Crippen molar-refractivity contribution >= 4 is 16.7 Å². The highest BCUT2D eigenvalue weighted by Crippen LogP contribution is 2.25. The Morgan fingerprint density at radius 2 is 1.78 bits per heavy atom. The fraction of sp³-hybridized carbons (Fsp3) is 0.133. The van der Waals surface area contributed by atoms with Crippen LogP contribution in [0.1, 0.15) is 5.56 Å². The molecule has 3 heteroatoms. The van der Waals surface area contributed by atoms with E-state index in [2.05, 4.69) is 40.7 Å². The van der Waals surface area contributed by atoms with Crippen molar-refractivity contribution in [2.24, 2.45) is 7.05 Å². The molecule has 0 unspecified atom stereocenters. The van der Waals surface area contributed by atoms with Crippen molar-refractivity contribution < 1.29 is 0 Å². The topological polar surface area (TPSA) is 43.8 Å². The van der Waals surface area contributed by atoms with Crippen molar-refractivity contribution in [2.45, 2.75) is 6.92 Å². The smallest absolute Gasteiger partial charge is 0.140 e. The Morgan fingerprint density at radius 1 is 1.06 bits per heavy atom. The second-order valence-corrected chi connectivity index (χ2v) is 4.61. The Balaban J connectivity index is 2.23. The zero-order valence-electron chi connectivity index (χ0n) is 10.5. The molecule has 18 heavy (non-hydrogen) atoms. The maximum absolute atomic E-state index is 5.82. The summed E-state index contributed by atoms with van der Waals surface area (Å²) in [5, 5.41) is 0. The van der Waals surface area contributed by atoms with Crippen molar-refractivity contribution in [3.8, 4) is 11.4 Å². The number of anilines is 1. The number of nitrogen functional groups attached to an aromatic ring is 1. The lowest BCUT2D eigenvalue weighted by molar-refractivity contribution is 0.959. The van der Waals surface area contributed by atoms with Gasteiger partial charge in [0.25, 0.3) is 0 Å². The summed E-state index contributed by atoms with van der Waals surface area (Å²) < 4.78 is 2.08. The molecule has 2 N–H and O–H groups in total. The first-order chi connectivity index (χ1) is 8.65. The number of nitrogens with zero attached hydrogens (tertiary/aromatic N) is 2. The first-order valence-electron chi connectivity index (χ1n) is 5.94. The third-order valence-corrected chi connectivity index (χ3v) is 3.21. The largest absolute Gasteiger partial charge is 0.399 e. The van der Waals surface area contributed by atoms with Gasteiger partial charge in [0.1, 0.15) is 5.82 Å². The van der Waals surface area contributed by atoms with Gasteiger partial charge in [-0.25, -0.2) is 4.98 Å². The second-order valence-electron chi connectivity index (χ2n) is 4.61. The van der Waals surface area contributed by atoms with Crippen LogP contribution < -0.4 is 5.73 Å². The van der Waals surface area contributed by atoms with Crippen LogP contribution in [0.3, 0.4) is 0 Å². The second kappa shape index (κ2) is 3.88. The van der Waals surface area contributed by atoms with Gasteiger partial charge in [-0.15, -0.1) is 0 Å². The van der Waals surface area contributed by atoms with Crippen LogP contribution in [0, 0.1) is 6.92 Å². The lowest BCUT2D eigenvalue weighted by Crippen LogP contribution is -1.93. The van der Waals surface area contributed by atoms with Gasteiger partial charge in [0, 0.05) is 18.3 Å². The van der Waals surface area contributed by atoms with E-state index in [0.29, 0.717) is 0 Å². The molecule has 2 aromatic carbocycles. The quantitative estimate of drug-likeness (QED) is 0.661. The number of aromatic nitrogens is 2. The van der Waals surface area contributed by atoms with Crippen LogP contribution in [0.5, 0.6) is 0 Å². The van der Waals surface area contributed by atoms with Crippen molar-refractivity contribution in [1.82, 2.24) is 9.55 Å². The molecular weight excluding hydrogens is 222 g/mol. The third-order valence-electron chi connectivity index (χ3n) is 3.21. The lowest BCUT2D eigenvalue weighted by Gasteiger charge is -2.03. The highest BCUT2D eigenvalue weighted by atomic mass is 15.1. The van der Waals surface area contributed by atoms with Gasteiger partial charge in [-0.05, 0) is 25.1 Å². The molecule has 0 amide bonds. The number of hydrogen-bond acceptors (Lipinski definition) is 2. The summed E-state index contributed by atoms with van der Waals surface area (Å²) in [6, 6.07) is 14.2. The minimum absolute atomic E-state index is 0.765. The summed E-state index contributed by atoms with van der Waals surface area (Å²) in [6.07, 6.45) is 0. The lowest BCUT2D eigenvalue weighted by atomic mass is 10.1. The van der Waals surface area contributed by atoms with Crippen molar-refractivity contribution in [3.05, 3.63) is 48.0 Å². The average Bonchev–Trinajstić information content (AvgIpc) is 2.68. The maximum Gasteiger partial charge on any atom is 0.140 e. The Bertz CT molecular complexity index is 708. The number of rotatable bonds is 1. The molecule has 0 fully saturated rings. The van der Waals surface area contributed by atoms with Gasteiger partial charge >= 0.3 is 0 Å². The van der Waals surface area contributed by atoms with E-state index in [4.69, 9.17) is 5.73 Å². The zero-order chi connectivity index (χ0) is 12.7. The van der Waals surface area contributed by atoms with Crippen LogP contribution in [0.4, 0.5) is 5.69 Å². The molecule has 0 radical (unpaired) electrons. The molecule has 1 aromatic heterocycles. The minimum Gasteiger partial charge on any atom is -0.399 e. The number of hydrogen-bond donors (Lipinski definition) is 1. The van der Waals surface area contributed by atoms with Crippen LogP contribution in [0.25, 0.3) is 22.4 Å². The third kappa shape index (κ3) is 1.64. The van der Waals surface area contributed by atoms with Gasteiger partial charge in [0.2, 0.25) is 0 Å². The molecule has 3 nitrogen and oxygen atoms in total. The Hall–Kier alpha value is -2.29. The Labute approximate surface area is 106 Å². The number of nitrogens with two attached hydrogens (primary N) is 1. The Kier molecular flexibility index (Phi) is 2.33. The number of imidazole rings is 1. The molecule has 0 saturated carbocycles. The molecule has 0 aliphatic heterocycles. The van der Waals surface area contributed by atoms with Gasteiger partial charge < -0.3 is 10.3 Å². The summed E-state index contributed by atoms with van der Waals surface area (Å²) in [7, 11) is 2.02. The summed E-state index contributed by atoms with van der Waals surface area (Å²) in [6.45, 7) is 2.08. The normalized spacial score (nSPS) is 11.0. The van der Waals surface area contributed by atoms with Gasteiger partial charge in [0.15, 0.2) is 0 Å². The van der Waals surface area contributed by atoms with Crippen molar-refractivity contribution in [3.63, 3.8) is 0 Å². The van der Waals surface area contributed by atoms with Gasteiger partial charge in [-0.1, -0.05) is 29.8 Å². The minimum atomic E-state index is 0.765. The number of aryl methyl sites for hydroxylation is 2. The van der Waals surface area contributed by atoms with Crippen molar-refractivity contribution in [2.75, 3.05) is 5.73 Å². The highest BCUT2D eigenvalue weighted by Gasteiger charge is 2.09. The summed E-state index contributed by atoms with van der Waals surface area (Å²) in [5.41, 5.74) is 11.0. The molecule has 0 spiro atoms. The molecule has 0 aliphatic rings. The Morgan fingerprint density at radius 3 is 2.50 bits per heavy atom. The number of fused-ring (bicyclic) bond motifs is 1. The fourth-order valence-corrected chi connectivity index (χ4v) is 2.17. The van der Waals surface area contributed by atoms with Crippen LogP contribution in [-0.2, 0) is 7.05 Å². The van der Waals surface area contributed by atoms with E-state index < -0.39 is 0 Å². The summed E-state index contributed by atoms with van der Waals surface area (Å²) in [4.78, 5) is 4.66. The maximum atomic E-state index is 5.82. The van der Waals surface area contributed by atoms with Crippen LogP contribution >= 0.6 is 0 Å². The van der Waals surface area contributed by atoms with E-state index in [1.54, 1.807) is 0 Å². The number of benzene rings is 2. The van der Waals surface area contributed by atoms with E-state index in [1.165, 1.54) is 5.56 Å². The molecule has 1 heterocycles. The predicted molar refractivity (Wildman–Crippen MR) is 75.3 cm³/mol. The monoisotopic (exact) mass is 237 g/mol. The molecular formula is C15H15N3. The standard InChI is InChI=1S/C15H15N3/c1-10-3-5-11(6-4-10)15-17-13-8-7-12(16)9-14(13)18(15)2/h3-9H,16H2,1-2H3. The fourth-order valence-electron chi connectivity index (χ4n) is 2.17. The molecule has 0 saturated heterocycles. The summed E-state index contributed by atoms with van der Waals surface area (Å²) >= 11 is 0. The van der Waals surface area contributed by atoms with Crippen LogP contribution in [0.2, 0.25) is 0 Å². The zero-order valence-corrected chi connectivity index (χ0v) is 10.5. The molecule has 90 valence electrons.